The first-order valence-corrected chi connectivity index (χ1v) is 9.97. The summed E-state index contributed by atoms with van der Waals surface area (Å²) < 4.78 is 12.0. The average molecular weight is 367 g/mol. The Morgan fingerprint density at radius 2 is 1.85 bits per heavy atom. The van der Waals surface area contributed by atoms with Crippen LogP contribution in [0, 0.1) is 0 Å². The molecule has 27 heavy (non-hydrogen) atoms. The Kier molecular flexibility index (Phi) is 5.00. The summed E-state index contributed by atoms with van der Waals surface area (Å²) in [5, 5.41) is 9.81. The molecule has 1 saturated heterocycles. The second-order valence-corrected chi connectivity index (χ2v) is 8.31. The van der Waals surface area contributed by atoms with Crippen LogP contribution in [0.25, 0.3) is 0 Å². The van der Waals surface area contributed by atoms with Crippen molar-refractivity contribution in [3.63, 3.8) is 0 Å². The van der Waals surface area contributed by atoms with E-state index in [9.17, 15) is 5.11 Å². The van der Waals surface area contributed by atoms with E-state index in [1.54, 1.807) is 12.1 Å². The number of phenols is 1. The molecular weight excluding hydrogens is 338 g/mol. The van der Waals surface area contributed by atoms with Crippen LogP contribution < -0.4 is 9.47 Å². The molecule has 2 heterocycles. The number of benzene rings is 2. The van der Waals surface area contributed by atoms with Gasteiger partial charge in [-0.1, -0.05) is 18.2 Å². The van der Waals surface area contributed by atoms with Crippen molar-refractivity contribution in [2.45, 2.75) is 44.6 Å². The van der Waals surface area contributed by atoms with Crippen molar-refractivity contribution in [1.82, 2.24) is 4.90 Å². The predicted molar refractivity (Wildman–Crippen MR) is 107 cm³/mol. The van der Waals surface area contributed by atoms with Gasteiger partial charge in [0, 0.05) is 24.1 Å². The van der Waals surface area contributed by atoms with Gasteiger partial charge in [-0.25, -0.2) is 0 Å². The molecule has 0 aliphatic carbocycles. The van der Waals surface area contributed by atoms with Gasteiger partial charge in [0.25, 0.3) is 0 Å². The standard InChI is InChI=1S/C23H29NO3/c1-23(2)16-21(20-10-7-18(25)15-22(20)27-23)17-5-8-19(9-6-17)26-14-13-24-11-3-4-12-24/h5-10,15,21,25H,3-4,11-14,16H2,1-2H3. The van der Waals surface area contributed by atoms with E-state index in [1.165, 1.54) is 31.5 Å². The highest BCUT2D eigenvalue weighted by atomic mass is 16.5. The lowest BCUT2D eigenvalue weighted by Gasteiger charge is -2.38. The van der Waals surface area contributed by atoms with E-state index in [-0.39, 0.29) is 17.3 Å². The van der Waals surface area contributed by atoms with Gasteiger partial charge in [-0.3, -0.25) is 4.90 Å². The molecule has 144 valence electrons. The summed E-state index contributed by atoms with van der Waals surface area (Å²) in [6, 6.07) is 13.9. The molecule has 0 aromatic heterocycles. The van der Waals surface area contributed by atoms with Crippen molar-refractivity contribution < 1.29 is 14.6 Å². The number of nitrogens with zero attached hydrogens (tertiary/aromatic N) is 1. The van der Waals surface area contributed by atoms with Gasteiger partial charge in [0.2, 0.25) is 0 Å². The Labute approximate surface area is 161 Å². The summed E-state index contributed by atoms with van der Waals surface area (Å²) in [4.78, 5) is 2.46. The smallest absolute Gasteiger partial charge is 0.127 e. The number of likely N-dealkylation sites (tertiary alicyclic amines) is 1. The summed E-state index contributed by atoms with van der Waals surface area (Å²) >= 11 is 0. The maximum absolute atomic E-state index is 9.81. The molecule has 0 amide bonds. The zero-order valence-corrected chi connectivity index (χ0v) is 16.3. The molecule has 1 atom stereocenters. The molecule has 0 radical (unpaired) electrons. The second kappa shape index (κ2) is 7.43. The highest BCUT2D eigenvalue weighted by Gasteiger charge is 2.34. The Balaban J connectivity index is 1.46. The molecule has 2 aromatic carbocycles. The third-order valence-corrected chi connectivity index (χ3v) is 5.61. The van der Waals surface area contributed by atoms with Crippen molar-refractivity contribution >= 4 is 0 Å². The highest BCUT2D eigenvalue weighted by molar-refractivity contribution is 5.48. The molecule has 2 aromatic rings. The minimum Gasteiger partial charge on any atom is -0.508 e. The van der Waals surface area contributed by atoms with Gasteiger partial charge in [-0.05, 0) is 70.0 Å². The molecule has 1 fully saturated rings. The van der Waals surface area contributed by atoms with E-state index in [0.717, 1.165) is 36.6 Å². The number of rotatable bonds is 5. The van der Waals surface area contributed by atoms with Crippen molar-refractivity contribution in [3.8, 4) is 17.2 Å². The van der Waals surface area contributed by atoms with E-state index >= 15 is 0 Å². The summed E-state index contributed by atoms with van der Waals surface area (Å²) in [5.74, 6) is 2.20. The molecule has 2 aliphatic rings. The van der Waals surface area contributed by atoms with Crippen molar-refractivity contribution in [2.24, 2.45) is 0 Å². The minimum atomic E-state index is -0.268. The van der Waals surface area contributed by atoms with E-state index < -0.39 is 0 Å². The Morgan fingerprint density at radius 1 is 1.11 bits per heavy atom. The van der Waals surface area contributed by atoms with Crippen LogP contribution in [0.3, 0.4) is 0 Å². The molecule has 0 saturated carbocycles. The predicted octanol–water partition coefficient (Wildman–Crippen LogP) is 4.56. The SMILES string of the molecule is CC1(C)CC(c2ccc(OCCN3CCCC3)cc2)c2ccc(O)cc2O1. The monoisotopic (exact) mass is 367 g/mol. The van der Waals surface area contributed by atoms with Gasteiger partial charge in [-0.15, -0.1) is 0 Å². The first-order valence-electron chi connectivity index (χ1n) is 9.97. The molecule has 0 spiro atoms. The van der Waals surface area contributed by atoms with Crippen LogP contribution in [0.1, 0.15) is 50.2 Å². The van der Waals surface area contributed by atoms with E-state index in [1.807, 2.05) is 6.07 Å². The zero-order valence-electron chi connectivity index (χ0n) is 16.3. The van der Waals surface area contributed by atoms with Gasteiger partial charge >= 0.3 is 0 Å². The highest BCUT2D eigenvalue weighted by Crippen LogP contribution is 2.45. The van der Waals surface area contributed by atoms with Gasteiger partial charge in [0.15, 0.2) is 0 Å². The van der Waals surface area contributed by atoms with E-state index in [4.69, 9.17) is 9.47 Å². The van der Waals surface area contributed by atoms with E-state index in [2.05, 4.69) is 43.0 Å². The third-order valence-electron chi connectivity index (χ3n) is 5.61. The number of ether oxygens (including phenoxy) is 2. The van der Waals surface area contributed by atoms with Gasteiger partial charge < -0.3 is 14.6 Å². The maximum Gasteiger partial charge on any atom is 0.127 e. The molecule has 4 heteroatoms. The van der Waals surface area contributed by atoms with Crippen LogP contribution in [-0.2, 0) is 0 Å². The average Bonchev–Trinajstić information content (AvgIpc) is 3.14. The number of aromatic hydroxyl groups is 1. The lowest BCUT2D eigenvalue weighted by atomic mass is 9.80. The Hall–Kier alpha value is -2.20. The number of fused-ring (bicyclic) bond motifs is 1. The van der Waals surface area contributed by atoms with Crippen molar-refractivity contribution in [1.29, 1.82) is 0 Å². The molecule has 1 unspecified atom stereocenters. The minimum absolute atomic E-state index is 0.243. The fraction of sp³-hybridized carbons (Fsp3) is 0.478. The quantitative estimate of drug-likeness (QED) is 0.841. The Bertz CT molecular complexity index is 779. The van der Waals surface area contributed by atoms with Gasteiger partial charge in [0.05, 0.1) is 0 Å². The second-order valence-electron chi connectivity index (χ2n) is 8.31. The summed E-state index contributed by atoms with van der Waals surface area (Å²) in [5.41, 5.74) is 2.12. The molecule has 4 rings (SSSR count). The van der Waals surface area contributed by atoms with Crippen LogP contribution in [-0.4, -0.2) is 41.8 Å². The van der Waals surface area contributed by atoms with E-state index in [0.29, 0.717) is 0 Å². The van der Waals surface area contributed by atoms with Crippen molar-refractivity contribution in [3.05, 3.63) is 53.6 Å². The first kappa shape index (κ1) is 18.2. The lowest BCUT2D eigenvalue weighted by molar-refractivity contribution is 0.0771. The largest absolute Gasteiger partial charge is 0.508 e. The normalized spacial score (nSPS) is 21.5. The fourth-order valence-electron chi connectivity index (χ4n) is 4.23. The van der Waals surface area contributed by atoms with Crippen LogP contribution in [0.2, 0.25) is 0 Å². The Morgan fingerprint density at radius 3 is 2.59 bits per heavy atom. The number of hydrogen-bond donors (Lipinski definition) is 1. The van der Waals surface area contributed by atoms with Gasteiger partial charge in [-0.2, -0.15) is 0 Å². The van der Waals surface area contributed by atoms with Crippen LogP contribution in [0.5, 0.6) is 17.2 Å². The number of hydrogen-bond acceptors (Lipinski definition) is 4. The maximum atomic E-state index is 9.81. The fourth-order valence-corrected chi connectivity index (χ4v) is 4.23. The first-order chi connectivity index (χ1) is 13.0. The van der Waals surface area contributed by atoms with Crippen LogP contribution >= 0.6 is 0 Å². The zero-order chi connectivity index (χ0) is 18.9. The topological polar surface area (TPSA) is 41.9 Å². The summed E-state index contributed by atoms with van der Waals surface area (Å²) in [6.45, 7) is 8.36. The van der Waals surface area contributed by atoms with Crippen LogP contribution in [0.15, 0.2) is 42.5 Å². The molecular formula is C23H29NO3. The number of phenolic OH excluding ortho intramolecular Hbond substituents is 1. The molecule has 1 N–H and O–H groups in total. The van der Waals surface area contributed by atoms with Crippen molar-refractivity contribution in [2.75, 3.05) is 26.2 Å². The molecule has 2 aliphatic heterocycles. The summed E-state index contributed by atoms with van der Waals surface area (Å²) in [6.07, 6.45) is 3.53. The third kappa shape index (κ3) is 4.22. The van der Waals surface area contributed by atoms with Crippen LogP contribution in [0.4, 0.5) is 0 Å². The molecule has 0 bridgehead atoms. The summed E-state index contributed by atoms with van der Waals surface area (Å²) in [7, 11) is 0. The lowest BCUT2D eigenvalue weighted by Crippen LogP contribution is -2.35. The molecule has 4 nitrogen and oxygen atoms in total. The van der Waals surface area contributed by atoms with Gasteiger partial charge in [0.1, 0.15) is 29.5 Å².